The lowest BCUT2D eigenvalue weighted by Crippen LogP contribution is -2.40. The molecule has 0 bridgehead atoms. The number of hydrogen-bond donors (Lipinski definition) is 1. The van der Waals surface area contributed by atoms with Gasteiger partial charge in [0.25, 0.3) is 5.91 Å². The number of aliphatic carboxylic acids is 1. The standard InChI is InChI=1S/C17H21NO4S2/c19-15(18(10-16(20)21)13-4-5-13)11-22-14-6-2-12(3-7-14)17-23-8-1-9-24-17/h2-3,6-7,13,17H,1,4-5,8-11H2,(H,20,21). The number of hydrogen-bond acceptors (Lipinski definition) is 5. The molecule has 1 heterocycles. The molecule has 1 aliphatic carbocycles. The van der Waals surface area contributed by atoms with Gasteiger partial charge in [-0.05, 0) is 48.5 Å². The van der Waals surface area contributed by atoms with Crippen molar-refractivity contribution >= 4 is 35.4 Å². The molecule has 2 aliphatic rings. The highest BCUT2D eigenvalue weighted by molar-refractivity contribution is 8.16. The zero-order valence-corrected chi connectivity index (χ0v) is 15.0. The van der Waals surface area contributed by atoms with Crippen molar-refractivity contribution < 1.29 is 19.4 Å². The van der Waals surface area contributed by atoms with E-state index in [-0.39, 0.29) is 25.1 Å². The summed E-state index contributed by atoms with van der Waals surface area (Å²) >= 11 is 3.93. The number of ether oxygens (including phenoxy) is 1. The van der Waals surface area contributed by atoms with E-state index in [4.69, 9.17) is 9.84 Å². The molecule has 0 radical (unpaired) electrons. The zero-order valence-electron chi connectivity index (χ0n) is 13.3. The van der Waals surface area contributed by atoms with Crippen molar-refractivity contribution in [3.05, 3.63) is 29.8 Å². The molecule has 5 nitrogen and oxygen atoms in total. The van der Waals surface area contributed by atoms with E-state index in [0.717, 1.165) is 12.8 Å². The summed E-state index contributed by atoms with van der Waals surface area (Å²) in [6, 6.07) is 7.94. The van der Waals surface area contributed by atoms with Crippen molar-refractivity contribution in [1.29, 1.82) is 0 Å². The van der Waals surface area contributed by atoms with Gasteiger partial charge in [0.2, 0.25) is 0 Å². The van der Waals surface area contributed by atoms with Crippen LogP contribution in [-0.4, -0.2) is 52.6 Å². The zero-order chi connectivity index (χ0) is 16.9. The average Bonchev–Trinajstić information content (AvgIpc) is 3.43. The molecule has 7 heteroatoms. The van der Waals surface area contributed by atoms with Gasteiger partial charge in [0.1, 0.15) is 12.3 Å². The van der Waals surface area contributed by atoms with Gasteiger partial charge in [-0.2, -0.15) is 0 Å². The maximum atomic E-state index is 12.2. The van der Waals surface area contributed by atoms with Crippen LogP contribution in [0.15, 0.2) is 24.3 Å². The fourth-order valence-corrected chi connectivity index (χ4v) is 5.48. The molecule has 1 aromatic carbocycles. The van der Waals surface area contributed by atoms with Crippen LogP contribution in [0.2, 0.25) is 0 Å². The first-order valence-electron chi connectivity index (χ1n) is 8.11. The lowest BCUT2D eigenvalue weighted by atomic mass is 10.2. The van der Waals surface area contributed by atoms with Crippen molar-refractivity contribution in [2.24, 2.45) is 0 Å². The second-order valence-corrected chi connectivity index (χ2v) is 8.66. The van der Waals surface area contributed by atoms with Crippen LogP contribution >= 0.6 is 23.5 Å². The number of carbonyl (C=O) groups is 2. The largest absolute Gasteiger partial charge is 0.484 e. The monoisotopic (exact) mass is 367 g/mol. The van der Waals surface area contributed by atoms with Gasteiger partial charge in [-0.1, -0.05) is 12.1 Å². The molecule has 1 aromatic rings. The number of carboxylic acid groups (broad SMARTS) is 1. The molecule has 1 saturated heterocycles. The minimum absolute atomic E-state index is 0.0694. The Morgan fingerprint density at radius 2 is 1.83 bits per heavy atom. The summed E-state index contributed by atoms with van der Waals surface area (Å²) in [5.74, 6) is 1.80. The predicted octanol–water partition coefficient (Wildman–Crippen LogP) is 3.01. The molecule has 24 heavy (non-hydrogen) atoms. The van der Waals surface area contributed by atoms with Gasteiger partial charge in [0, 0.05) is 6.04 Å². The van der Waals surface area contributed by atoms with Crippen molar-refractivity contribution in [3.8, 4) is 5.75 Å². The van der Waals surface area contributed by atoms with E-state index in [0.29, 0.717) is 10.3 Å². The number of thioether (sulfide) groups is 2. The molecule has 0 atom stereocenters. The molecule has 3 rings (SSSR count). The predicted molar refractivity (Wildman–Crippen MR) is 96.6 cm³/mol. The van der Waals surface area contributed by atoms with Gasteiger partial charge in [-0.25, -0.2) is 0 Å². The fraction of sp³-hybridized carbons (Fsp3) is 0.529. The van der Waals surface area contributed by atoms with Crippen LogP contribution in [0.3, 0.4) is 0 Å². The Bertz CT molecular complexity index is 583. The van der Waals surface area contributed by atoms with Crippen LogP contribution in [-0.2, 0) is 9.59 Å². The number of rotatable bonds is 7. The lowest BCUT2D eigenvalue weighted by molar-refractivity contribution is -0.145. The van der Waals surface area contributed by atoms with E-state index in [1.807, 2.05) is 47.8 Å². The molecule has 0 unspecified atom stereocenters. The Balaban J connectivity index is 1.52. The van der Waals surface area contributed by atoms with E-state index in [1.165, 1.54) is 28.4 Å². The number of carbonyl (C=O) groups excluding carboxylic acids is 1. The van der Waals surface area contributed by atoms with E-state index in [9.17, 15) is 9.59 Å². The third-order valence-corrected chi connectivity index (χ3v) is 6.97. The SMILES string of the molecule is O=C(O)CN(C(=O)COc1ccc(C2SCCCS2)cc1)C1CC1. The van der Waals surface area contributed by atoms with E-state index in [1.54, 1.807) is 0 Å². The van der Waals surface area contributed by atoms with Gasteiger partial charge >= 0.3 is 5.97 Å². The smallest absolute Gasteiger partial charge is 0.323 e. The maximum absolute atomic E-state index is 12.2. The van der Waals surface area contributed by atoms with Gasteiger partial charge in [-0.3, -0.25) is 9.59 Å². The fourth-order valence-electron chi connectivity index (χ4n) is 2.58. The van der Waals surface area contributed by atoms with Crippen molar-refractivity contribution in [3.63, 3.8) is 0 Å². The summed E-state index contributed by atoms with van der Waals surface area (Å²) < 4.78 is 6.03. The Labute approximate surface area is 150 Å². The minimum atomic E-state index is -0.984. The van der Waals surface area contributed by atoms with Crippen LogP contribution in [0.5, 0.6) is 5.75 Å². The Kier molecular flexibility index (Phi) is 5.94. The number of carboxylic acids is 1. The van der Waals surface area contributed by atoms with E-state index in [2.05, 4.69) is 0 Å². The Morgan fingerprint density at radius 1 is 1.17 bits per heavy atom. The van der Waals surface area contributed by atoms with Crippen LogP contribution in [0.25, 0.3) is 0 Å². The molecular formula is C17H21NO4S2. The molecule has 1 N–H and O–H groups in total. The summed E-state index contributed by atoms with van der Waals surface area (Å²) in [5.41, 5.74) is 1.27. The average molecular weight is 367 g/mol. The van der Waals surface area contributed by atoms with Gasteiger partial charge < -0.3 is 14.7 Å². The summed E-state index contributed by atoms with van der Waals surface area (Å²) in [4.78, 5) is 24.5. The summed E-state index contributed by atoms with van der Waals surface area (Å²) in [7, 11) is 0. The number of amides is 1. The molecule has 1 amide bonds. The normalized spacial score (nSPS) is 18.2. The highest BCUT2D eigenvalue weighted by atomic mass is 32.2. The Morgan fingerprint density at radius 3 is 2.42 bits per heavy atom. The van der Waals surface area contributed by atoms with E-state index < -0.39 is 5.97 Å². The van der Waals surface area contributed by atoms with Crippen LogP contribution in [0.1, 0.15) is 29.4 Å². The maximum Gasteiger partial charge on any atom is 0.323 e. The molecule has 1 saturated carbocycles. The van der Waals surface area contributed by atoms with E-state index >= 15 is 0 Å². The quantitative estimate of drug-likeness (QED) is 0.799. The molecular weight excluding hydrogens is 346 g/mol. The van der Waals surface area contributed by atoms with Gasteiger partial charge in [0.05, 0.1) is 4.58 Å². The van der Waals surface area contributed by atoms with Crippen molar-refractivity contribution in [2.45, 2.75) is 29.9 Å². The Hall–Kier alpha value is -1.34. The van der Waals surface area contributed by atoms with Crippen molar-refractivity contribution in [1.82, 2.24) is 4.90 Å². The number of benzene rings is 1. The lowest BCUT2D eigenvalue weighted by Gasteiger charge is -2.22. The van der Waals surface area contributed by atoms with Crippen LogP contribution < -0.4 is 4.74 Å². The topological polar surface area (TPSA) is 66.8 Å². The molecule has 0 aromatic heterocycles. The second-order valence-electron chi connectivity index (χ2n) is 5.93. The third-order valence-electron chi connectivity index (χ3n) is 3.96. The molecule has 130 valence electrons. The first-order chi connectivity index (χ1) is 11.6. The molecule has 1 aliphatic heterocycles. The highest BCUT2D eigenvalue weighted by Crippen LogP contribution is 2.43. The first kappa shape index (κ1) is 17.5. The van der Waals surface area contributed by atoms with Gasteiger partial charge in [0.15, 0.2) is 6.61 Å². The van der Waals surface area contributed by atoms with Crippen molar-refractivity contribution in [2.75, 3.05) is 24.7 Å². The summed E-state index contributed by atoms with van der Waals surface area (Å²) in [5, 5.41) is 8.91. The summed E-state index contributed by atoms with van der Waals surface area (Å²) in [6.07, 6.45) is 3.03. The third kappa shape index (κ3) is 4.83. The summed E-state index contributed by atoms with van der Waals surface area (Å²) in [6.45, 7) is -0.363. The molecule has 2 fully saturated rings. The van der Waals surface area contributed by atoms with Crippen LogP contribution in [0, 0.1) is 0 Å². The molecule has 0 spiro atoms. The second kappa shape index (κ2) is 8.16. The van der Waals surface area contributed by atoms with Crippen LogP contribution in [0.4, 0.5) is 0 Å². The minimum Gasteiger partial charge on any atom is -0.484 e. The highest BCUT2D eigenvalue weighted by Gasteiger charge is 2.33. The van der Waals surface area contributed by atoms with Gasteiger partial charge in [-0.15, -0.1) is 23.5 Å². The number of nitrogens with zero attached hydrogens (tertiary/aromatic N) is 1. The first-order valence-corrected chi connectivity index (χ1v) is 10.2.